The number of aromatic nitrogens is 2. The molecule has 2 N–H and O–H groups in total. The third-order valence-corrected chi connectivity index (χ3v) is 4.27. The zero-order valence-corrected chi connectivity index (χ0v) is 17.6. The Morgan fingerprint density at radius 2 is 2.03 bits per heavy atom. The van der Waals surface area contributed by atoms with Crippen LogP contribution < -0.4 is 15.4 Å². The molecule has 0 radical (unpaired) electrons. The molecule has 30 heavy (non-hydrogen) atoms. The van der Waals surface area contributed by atoms with Gasteiger partial charge in [0.15, 0.2) is 5.96 Å². The SMILES string of the molecule is CN=C(NCc1nc(-c2cccc(Cl)c2)no1)Nc1cccc(OCCCOC)c1. The van der Waals surface area contributed by atoms with E-state index < -0.39 is 0 Å². The van der Waals surface area contributed by atoms with E-state index in [0.717, 1.165) is 23.4 Å². The molecular weight excluding hydrogens is 406 g/mol. The average molecular weight is 430 g/mol. The number of anilines is 1. The van der Waals surface area contributed by atoms with Gasteiger partial charge in [-0.25, -0.2) is 0 Å². The van der Waals surface area contributed by atoms with Crippen molar-refractivity contribution in [3.63, 3.8) is 0 Å². The Hall–Kier alpha value is -3.10. The molecule has 2 aromatic carbocycles. The summed E-state index contributed by atoms with van der Waals surface area (Å²) in [7, 11) is 3.36. The Balaban J connectivity index is 1.54. The van der Waals surface area contributed by atoms with Crippen molar-refractivity contribution in [2.45, 2.75) is 13.0 Å². The normalized spacial score (nSPS) is 11.4. The van der Waals surface area contributed by atoms with E-state index in [0.29, 0.717) is 42.5 Å². The highest BCUT2D eigenvalue weighted by atomic mass is 35.5. The van der Waals surface area contributed by atoms with Crippen LogP contribution in [0.1, 0.15) is 12.3 Å². The molecule has 0 bridgehead atoms. The molecule has 3 aromatic rings. The lowest BCUT2D eigenvalue weighted by Crippen LogP contribution is -2.30. The van der Waals surface area contributed by atoms with Crippen molar-refractivity contribution < 1.29 is 14.0 Å². The molecule has 0 unspecified atom stereocenters. The summed E-state index contributed by atoms with van der Waals surface area (Å²) in [6.45, 7) is 1.58. The van der Waals surface area contributed by atoms with E-state index in [1.807, 2.05) is 36.4 Å². The lowest BCUT2D eigenvalue weighted by molar-refractivity contribution is 0.172. The van der Waals surface area contributed by atoms with Crippen LogP contribution in [-0.4, -0.2) is 43.5 Å². The second kappa shape index (κ2) is 11.2. The Morgan fingerprint density at radius 3 is 2.83 bits per heavy atom. The quantitative estimate of drug-likeness (QED) is 0.301. The first-order chi connectivity index (χ1) is 14.7. The molecule has 1 heterocycles. The molecule has 0 aliphatic carbocycles. The van der Waals surface area contributed by atoms with Crippen LogP contribution in [0.3, 0.4) is 0 Å². The molecule has 8 nitrogen and oxygen atoms in total. The van der Waals surface area contributed by atoms with Crippen LogP contribution in [0.25, 0.3) is 11.4 Å². The van der Waals surface area contributed by atoms with Gasteiger partial charge in [-0.2, -0.15) is 4.98 Å². The number of guanidine groups is 1. The van der Waals surface area contributed by atoms with Gasteiger partial charge in [0.25, 0.3) is 0 Å². The first-order valence-corrected chi connectivity index (χ1v) is 9.83. The number of nitrogens with one attached hydrogen (secondary N) is 2. The molecule has 0 fully saturated rings. The Bertz CT molecular complexity index is 977. The summed E-state index contributed by atoms with van der Waals surface area (Å²) in [4.78, 5) is 8.61. The van der Waals surface area contributed by atoms with Gasteiger partial charge in [0, 0.05) is 49.5 Å². The fourth-order valence-electron chi connectivity index (χ4n) is 2.60. The van der Waals surface area contributed by atoms with E-state index >= 15 is 0 Å². The molecule has 0 saturated carbocycles. The molecule has 3 rings (SSSR count). The van der Waals surface area contributed by atoms with Crippen molar-refractivity contribution in [3.8, 4) is 17.1 Å². The van der Waals surface area contributed by atoms with Gasteiger partial charge in [-0.3, -0.25) is 4.99 Å². The molecule has 0 atom stereocenters. The van der Waals surface area contributed by atoms with Gasteiger partial charge in [-0.1, -0.05) is 35.0 Å². The molecule has 0 spiro atoms. The van der Waals surface area contributed by atoms with Gasteiger partial charge in [0.2, 0.25) is 11.7 Å². The molecule has 158 valence electrons. The fourth-order valence-corrected chi connectivity index (χ4v) is 2.79. The van der Waals surface area contributed by atoms with Gasteiger partial charge < -0.3 is 24.6 Å². The van der Waals surface area contributed by atoms with E-state index in [4.69, 9.17) is 25.6 Å². The number of hydrogen-bond acceptors (Lipinski definition) is 6. The number of nitrogens with zero attached hydrogens (tertiary/aromatic N) is 3. The Morgan fingerprint density at radius 1 is 1.17 bits per heavy atom. The smallest absolute Gasteiger partial charge is 0.246 e. The fraction of sp³-hybridized carbons (Fsp3) is 0.286. The molecule has 0 aliphatic rings. The van der Waals surface area contributed by atoms with Gasteiger partial charge >= 0.3 is 0 Å². The summed E-state index contributed by atoms with van der Waals surface area (Å²) in [5.41, 5.74) is 1.64. The van der Waals surface area contributed by atoms with Gasteiger partial charge in [-0.05, 0) is 24.3 Å². The van der Waals surface area contributed by atoms with Crippen molar-refractivity contribution in [2.24, 2.45) is 4.99 Å². The molecule has 0 aliphatic heterocycles. The average Bonchev–Trinajstić information content (AvgIpc) is 3.24. The van der Waals surface area contributed by atoms with Crippen molar-refractivity contribution in [1.29, 1.82) is 0 Å². The topological polar surface area (TPSA) is 93.8 Å². The zero-order valence-electron chi connectivity index (χ0n) is 16.9. The Kier molecular flexibility index (Phi) is 8.05. The largest absolute Gasteiger partial charge is 0.493 e. The maximum Gasteiger partial charge on any atom is 0.246 e. The summed E-state index contributed by atoms with van der Waals surface area (Å²) in [6, 6.07) is 15.0. The number of halogens is 1. The van der Waals surface area contributed by atoms with Crippen molar-refractivity contribution in [3.05, 3.63) is 59.4 Å². The molecule has 0 saturated heterocycles. The lowest BCUT2D eigenvalue weighted by Gasteiger charge is -2.12. The monoisotopic (exact) mass is 429 g/mol. The van der Waals surface area contributed by atoms with E-state index in [2.05, 4.69) is 25.8 Å². The van der Waals surface area contributed by atoms with E-state index in [1.165, 1.54) is 0 Å². The number of ether oxygens (including phenoxy) is 2. The number of rotatable bonds is 9. The maximum absolute atomic E-state index is 6.02. The summed E-state index contributed by atoms with van der Waals surface area (Å²) in [6.07, 6.45) is 0.832. The molecule has 1 aromatic heterocycles. The molecule has 9 heteroatoms. The molecule has 0 amide bonds. The lowest BCUT2D eigenvalue weighted by atomic mass is 10.2. The third kappa shape index (κ3) is 6.47. The minimum Gasteiger partial charge on any atom is -0.493 e. The Labute approximate surface area is 180 Å². The first kappa shape index (κ1) is 21.6. The van der Waals surface area contributed by atoms with Crippen LogP contribution in [0.4, 0.5) is 5.69 Å². The van der Waals surface area contributed by atoms with E-state index in [1.54, 1.807) is 26.3 Å². The second-order valence-corrected chi connectivity index (χ2v) is 6.73. The van der Waals surface area contributed by atoms with E-state index in [9.17, 15) is 0 Å². The number of benzene rings is 2. The van der Waals surface area contributed by atoms with Crippen LogP contribution in [0, 0.1) is 0 Å². The van der Waals surface area contributed by atoms with Crippen LogP contribution >= 0.6 is 11.6 Å². The van der Waals surface area contributed by atoms with Gasteiger partial charge in [-0.15, -0.1) is 0 Å². The van der Waals surface area contributed by atoms with Crippen molar-refractivity contribution in [2.75, 3.05) is 32.7 Å². The second-order valence-electron chi connectivity index (χ2n) is 6.30. The maximum atomic E-state index is 6.02. The summed E-state index contributed by atoms with van der Waals surface area (Å²) in [5.74, 6) is 2.25. The summed E-state index contributed by atoms with van der Waals surface area (Å²) >= 11 is 6.02. The zero-order chi connectivity index (χ0) is 21.2. The van der Waals surface area contributed by atoms with Crippen LogP contribution in [0.5, 0.6) is 5.75 Å². The highest BCUT2D eigenvalue weighted by Crippen LogP contribution is 2.20. The minimum absolute atomic E-state index is 0.320. The van der Waals surface area contributed by atoms with Gasteiger partial charge in [0.1, 0.15) is 5.75 Å². The van der Waals surface area contributed by atoms with Crippen molar-refractivity contribution >= 4 is 23.2 Å². The van der Waals surface area contributed by atoms with Gasteiger partial charge in [0.05, 0.1) is 13.2 Å². The first-order valence-electron chi connectivity index (χ1n) is 9.46. The number of methoxy groups -OCH3 is 1. The highest BCUT2D eigenvalue weighted by Gasteiger charge is 2.10. The highest BCUT2D eigenvalue weighted by molar-refractivity contribution is 6.30. The summed E-state index contributed by atoms with van der Waals surface area (Å²) in [5, 5.41) is 11.0. The predicted octanol–water partition coefficient (Wildman–Crippen LogP) is 3.99. The van der Waals surface area contributed by atoms with Crippen molar-refractivity contribution in [1.82, 2.24) is 15.5 Å². The minimum atomic E-state index is 0.320. The van der Waals surface area contributed by atoms with Crippen LogP contribution in [0.2, 0.25) is 5.02 Å². The van der Waals surface area contributed by atoms with E-state index in [-0.39, 0.29) is 0 Å². The standard InChI is InChI=1S/C21H24ClN5O3/c1-23-21(25-17-8-4-9-18(13-17)29-11-5-10-28-2)24-14-19-26-20(27-30-19)15-6-3-7-16(22)12-15/h3-4,6-9,12-13H,5,10-11,14H2,1-2H3,(H2,23,24,25). The predicted molar refractivity (Wildman–Crippen MR) is 117 cm³/mol. The molecular formula is C21H24ClN5O3. The summed E-state index contributed by atoms with van der Waals surface area (Å²) < 4.78 is 16.1. The number of hydrogen-bond donors (Lipinski definition) is 2. The third-order valence-electron chi connectivity index (χ3n) is 4.04. The van der Waals surface area contributed by atoms with Crippen LogP contribution in [0.15, 0.2) is 58.0 Å². The van der Waals surface area contributed by atoms with Crippen LogP contribution in [-0.2, 0) is 11.3 Å². The number of aliphatic imine (C=N–C) groups is 1.